The van der Waals surface area contributed by atoms with Gasteiger partial charge in [0.15, 0.2) is 0 Å². The molecule has 0 saturated heterocycles. The minimum Gasteiger partial charge on any atom is -0.323 e. The Morgan fingerprint density at radius 3 is 2.90 bits per heavy atom. The van der Waals surface area contributed by atoms with Gasteiger partial charge in [-0.25, -0.2) is 0 Å². The molecule has 3 heterocycles. The Balaban J connectivity index is 1.69. The first-order chi connectivity index (χ1) is 10.3. The van der Waals surface area contributed by atoms with E-state index in [0.29, 0.717) is 0 Å². The molecule has 0 bridgehead atoms. The van der Waals surface area contributed by atoms with Gasteiger partial charge in [0, 0.05) is 31.9 Å². The summed E-state index contributed by atoms with van der Waals surface area (Å²) in [5.74, 6) is 0. The number of aromatic nitrogens is 1. The Labute approximate surface area is 130 Å². The predicted octanol–water partition coefficient (Wildman–Crippen LogP) is 4.75. The lowest BCUT2D eigenvalue weighted by molar-refractivity contribution is 0.740. The van der Waals surface area contributed by atoms with Crippen LogP contribution in [0.2, 0.25) is 0 Å². The van der Waals surface area contributed by atoms with Crippen LogP contribution in [0.5, 0.6) is 0 Å². The van der Waals surface area contributed by atoms with Crippen molar-refractivity contribution >= 4 is 43.0 Å². The Bertz CT molecular complexity index is 873. The molecule has 1 atom stereocenters. The van der Waals surface area contributed by atoms with E-state index in [4.69, 9.17) is 5.73 Å². The maximum Gasteiger partial charge on any atom is 0.0704 e. The molecule has 0 aliphatic carbocycles. The maximum atomic E-state index is 6.44. The zero-order valence-electron chi connectivity index (χ0n) is 11.3. The molecule has 0 fully saturated rings. The molecule has 0 amide bonds. The van der Waals surface area contributed by atoms with Gasteiger partial charge >= 0.3 is 0 Å². The van der Waals surface area contributed by atoms with Crippen molar-refractivity contribution in [3.63, 3.8) is 0 Å². The summed E-state index contributed by atoms with van der Waals surface area (Å²) < 4.78 is 2.68. The quantitative estimate of drug-likeness (QED) is 0.593. The molecular formula is C17H14N2S2. The van der Waals surface area contributed by atoms with Gasteiger partial charge in [0.2, 0.25) is 0 Å². The van der Waals surface area contributed by atoms with Crippen LogP contribution in [0.25, 0.3) is 20.3 Å². The first-order valence-electron chi connectivity index (χ1n) is 6.86. The number of benzene rings is 1. The van der Waals surface area contributed by atoms with E-state index in [1.165, 1.54) is 25.2 Å². The third kappa shape index (κ3) is 2.35. The summed E-state index contributed by atoms with van der Waals surface area (Å²) >= 11 is 3.59. The monoisotopic (exact) mass is 310 g/mol. The first-order valence-corrected chi connectivity index (χ1v) is 8.56. The van der Waals surface area contributed by atoms with Crippen LogP contribution in [-0.4, -0.2) is 4.98 Å². The summed E-state index contributed by atoms with van der Waals surface area (Å²) in [6, 6.07) is 14.8. The third-order valence-electron chi connectivity index (χ3n) is 3.70. The summed E-state index contributed by atoms with van der Waals surface area (Å²) in [6.45, 7) is 0. The second-order valence-electron chi connectivity index (χ2n) is 5.10. The van der Waals surface area contributed by atoms with Crippen LogP contribution < -0.4 is 5.73 Å². The van der Waals surface area contributed by atoms with E-state index in [2.05, 4.69) is 40.7 Å². The first kappa shape index (κ1) is 13.0. The molecule has 104 valence electrons. The fourth-order valence-corrected chi connectivity index (χ4v) is 4.76. The predicted molar refractivity (Wildman–Crippen MR) is 92.1 cm³/mol. The van der Waals surface area contributed by atoms with Crippen LogP contribution in [-0.2, 0) is 6.42 Å². The second kappa shape index (κ2) is 5.22. The summed E-state index contributed by atoms with van der Waals surface area (Å²) in [7, 11) is 0. The van der Waals surface area contributed by atoms with E-state index in [1.807, 2.05) is 18.3 Å². The van der Waals surface area contributed by atoms with Crippen LogP contribution in [0.15, 0.2) is 54.0 Å². The van der Waals surface area contributed by atoms with E-state index >= 15 is 0 Å². The minimum atomic E-state index is 0.0420. The number of hydrogen-bond donors (Lipinski definition) is 1. The third-order valence-corrected chi connectivity index (χ3v) is 5.93. The van der Waals surface area contributed by atoms with Crippen LogP contribution in [0, 0.1) is 0 Å². The van der Waals surface area contributed by atoms with Crippen molar-refractivity contribution in [2.75, 3.05) is 0 Å². The van der Waals surface area contributed by atoms with Gasteiger partial charge in [-0.15, -0.1) is 22.7 Å². The van der Waals surface area contributed by atoms with Crippen molar-refractivity contribution in [3.05, 3.63) is 64.5 Å². The van der Waals surface area contributed by atoms with E-state index in [9.17, 15) is 0 Å². The normalized spacial score (nSPS) is 13.0. The van der Waals surface area contributed by atoms with Crippen molar-refractivity contribution in [2.24, 2.45) is 5.73 Å². The molecule has 0 aliphatic rings. The van der Waals surface area contributed by atoms with Crippen molar-refractivity contribution in [1.82, 2.24) is 4.98 Å². The van der Waals surface area contributed by atoms with Gasteiger partial charge in [0.25, 0.3) is 0 Å². The van der Waals surface area contributed by atoms with Crippen molar-refractivity contribution in [2.45, 2.75) is 12.5 Å². The number of hydrogen-bond acceptors (Lipinski definition) is 4. The number of nitrogens with zero attached hydrogens (tertiary/aromatic N) is 1. The largest absolute Gasteiger partial charge is 0.323 e. The van der Waals surface area contributed by atoms with Gasteiger partial charge < -0.3 is 5.73 Å². The van der Waals surface area contributed by atoms with E-state index in [0.717, 1.165) is 11.9 Å². The van der Waals surface area contributed by atoms with Crippen molar-refractivity contribution in [1.29, 1.82) is 0 Å². The molecule has 0 saturated carbocycles. The molecule has 2 nitrogen and oxygen atoms in total. The highest BCUT2D eigenvalue weighted by Gasteiger charge is 2.13. The van der Waals surface area contributed by atoms with Gasteiger partial charge in [-0.05, 0) is 41.6 Å². The highest BCUT2D eigenvalue weighted by molar-refractivity contribution is 7.26. The molecule has 0 aliphatic heterocycles. The van der Waals surface area contributed by atoms with E-state index in [-0.39, 0.29) is 6.04 Å². The summed E-state index contributed by atoms with van der Waals surface area (Å²) in [6.07, 6.45) is 2.72. The number of nitrogens with two attached hydrogens (primary N) is 1. The van der Waals surface area contributed by atoms with Crippen LogP contribution in [0.3, 0.4) is 0 Å². The average Bonchev–Trinajstić information content (AvgIpc) is 3.09. The van der Waals surface area contributed by atoms with Crippen LogP contribution in [0.4, 0.5) is 0 Å². The standard InChI is InChI=1S/C17H14N2S2/c18-13(16-10-17-15(21-16)6-8-20-17)9-11-5-7-19-14-4-2-1-3-12(11)14/h1-8,10,13H,9,18H2. The molecule has 0 spiro atoms. The summed E-state index contributed by atoms with van der Waals surface area (Å²) in [5.41, 5.74) is 8.74. The lowest BCUT2D eigenvalue weighted by Crippen LogP contribution is -2.12. The van der Waals surface area contributed by atoms with Crippen LogP contribution in [0.1, 0.15) is 16.5 Å². The fraction of sp³-hybridized carbons (Fsp3) is 0.118. The number of thiophene rings is 2. The number of rotatable bonds is 3. The van der Waals surface area contributed by atoms with E-state index in [1.54, 1.807) is 22.7 Å². The fourth-order valence-electron chi connectivity index (χ4n) is 2.64. The highest BCUT2D eigenvalue weighted by atomic mass is 32.1. The molecule has 4 rings (SSSR count). The number of fused-ring (bicyclic) bond motifs is 2. The molecular weight excluding hydrogens is 296 g/mol. The SMILES string of the molecule is NC(Cc1ccnc2ccccc12)c1cc2sccc2s1. The Morgan fingerprint density at radius 2 is 2.00 bits per heavy atom. The molecule has 21 heavy (non-hydrogen) atoms. The lowest BCUT2D eigenvalue weighted by Gasteiger charge is -2.11. The maximum absolute atomic E-state index is 6.44. The van der Waals surface area contributed by atoms with E-state index < -0.39 is 0 Å². The zero-order valence-corrected chi connectivity index (χ0v) is 13.0. The van der Waals surface area contributed by atoms with Crippen molar-refractivity contribution < 1.29 is 0 Å². The molecule has 4 aromatic rings. The molecule has 1 aromatic carbocycles. The summed E-state index contributed by atoms with van der Waals surface area (Å²) in [4.78, 5) is 5.67. The van der Waals surface area contributed by atoms with Gasteiger partial charge in [0.1, 0.15) is 0 Å². The van der Waals surface area contributed by atoms with Gasteiger partial charge in [-0.3, -0.25) is 4.98 Å². The zero-order chi connectivity index (χ0) is 14.2. The van der Waals surface area contributed by atoms with Crippen molar-refractivity contribution in [3.8, 4) is 0 Å². The number of pyridine rings is 1. The highest BCUT2D eigenvalue weighted by Crippen LogP contribution is 2.34. The molecule has 1 unspecified atom stereocenters. The van der Waals surface area contributed by atoms with Gasteiger partial charge in [-0.1, -0.05) is 18.2 Å². The van der Waals surface area contributed by atoms with Gasteiger partial charge in [0.05, 0.1) is 5.52 Å². The van der Waals surface area contributed by atoms with Crippen LogP contribution >= 0.6 is 22.7 Å². The Hall–Kier alpha value is -1.75. The Morgan fingerprint density at radius 1 is 1.10 bits per heavy atom. The minimum absolute atomic E-state index is 0.0420. The molecule has 3 aromatic heterocycles. The van der Waals surface area contributed by atoms with Gasteiger partial charge in [-0.2, -0.15) is 0 Å². The number of para-hydroxylation sites is 1. The Kier molecular flexibility index (Phi) is 3.22. The molecule has 0 radical (unpaired) electrons. The lowest BCUT2D eigenvalue weighted by atomic mass is 10.0. The molecule has 2 N–H and O–H groups in total. The average molecular weight is 310 g/mol. The summed E-state index contributed by atoms with van der Waals surface area (Å²) in [5, 5.41) is 3.33. The second-order valence-corrected chi connectivity index (χ2v) is 7.16. The molecule has 4 heteroatoms. The topological polar surface area (TPSA) is 38.9 Å². The smallest absolute Gasteiger partial charge is 0.0704 e.